The van der Waals surface area contributed by atoms with Crippen LogP contribution in [-0.2, 0) is 0 Å². The van der Waals surface area contributed by atoms with Gasteiger partial charge in [0, 0.05) is 12.6 Å². The Balaban J connectivity index is 1.96. The van der Waals surface area contributed by atoms with E-state index in [2.05, 4.69) is 35.6 Å². The molecule has 1 aliphatic heterocycles. The Labute approximate surface area is 85.0 Å². The molecule has 0 saturated carbocycles. The maximum absolute atomic E-state index is 8.99. The first kappa shape index (κ1) is 9.69. The molecule has 1 heterocycles. The summed E-state index contributed by atoms with van der Waals surface area (Å²) in [5.74, 6) is 0.624. The van der Waals surface area contributed by atoms with Crippen molar-refractivity contribution in [2.45, 2.75) is 24.8 Å². The SMILES string of the molecule is OCC1CCC(c2ccccc2)CN1. The summed E-state index contributed by atoms with van der Waals surface area (Å²) in [6.45, 7) is 1.26. The van der Waals surface area contributed by atoms with Crippen molar-refractivity contribution in [3.8, 4) is 0 Å². The van der Waals surface area contributed by atoms with Gasteiger partial charge in [-0.1, -0.05) is 30.3 Å². The molecule has 0 aliphatic carbocycles. The zero-order chi connectivity index (χ0) is 9.80. The lowest BCUT2D eigenvalue weighted by Crippen LogP contribution is -2.40. The van der Waals surface area contributed by atoms with Gasteiger partial charge in [-0.3, -0.25) is 0 Å². The molecule has 0 radical (unpaired) electrons. The fourth-order valence-electron chi connectivity index (χ4n) is 2.08. The summed E-state index contributed by atoms with van der Waals surface area (Å²) in [6.07, 6.45) is 2.26. The average molecular weight is 191 g/mol. The molecule has 0 aromatic heterocycles. The van der Waals surface area contributed by atoms with Crippen LogP contribution in [0, 0.1) is 0 Å². The van der Waals surface area contributed by atoms with Crippen LogP contribution >= 0.6 is 0 Å². The minimum atomic E-state index is 0.265. The summed E-state index contributed by atoms with van der Waals surface area (Å²) >= 11 is 0. The van der Waals surface area contributed by atoms with E-state index in [1.54, 1.807) is 0 Å². The van der Waals surface area contributed by atoms with Crippen LogP contribution in [0.1, 0.15) is 24.3 Å². The molecule has 0 amide bonds. The first-order valence-corrected chi connectivity index (χ1v) is 5.29. The van der Waals surface area contributed by atoms with Gasteiger partial charge in [-0.2, -0.15) is 0 Å². The standard InChI is InChI=1S/C12H17NO/c14-9-12-7-6-11(8-13-12)10-4-2-1-3-5-10/h1-5,11-14H,6-9H2. The van der Waals surface area contributed by atoms with E-state index in [-0.39, 0.29) is 6.61 Å². The normalized spacial score (nSPS) is 27.5. The van der Waals surface area contributed by atoms with E-state index in [9.17, 15) is 0 Å². The second kappa shape index (κ2) is 4.58. The first-order valence-electron chi connectivity index (χ1n) is 5.29. The molecule has 0 spiro atoms. The van der Waals surface area contributed by atoms with Crippen molar-refractivity contribution in [2.24, 2.45) is 0 Å². The molecule has 2 N–H and O–H groups in total. The van der Waals surface area contributed by atoms with Gasteiger partial charge in [-0.25, -0.2) is 0 Å². The van der Waals surface area contributed by atoms with Crippen molar-refractivity contribution in [1.29, 1.82) is 0 Å². The third-order valence-corrected chi connectivity index (χ3v) is 3.01. The number of benzene rings is 1. The molecule has 2 nitrogen and oxygen atoms in total. The molecule has 0 bridgehead atoms. The zero-order valence-electron chi connectivity index (χ0n) is 8.32. The summed E-state index contributed by atoms with van der Waals surface area (Å²) in [5, 5.41) is 12.4. The van der Waals surface area contributed by atoms with Gasteiger partial charge in [0.15, 0.2) is 0 Å². The highest BCUT2D eigenvalue weighted by Gasteiger charge is 2.20. The second-order valence-electron chi connectivity index (χ2n) is 3.97. The van der Waals surface area contributed by atoms with Crippen molar-refractivity contribution >= 4 is 0 Å². The Kier molecular flexibility index (Phi) is 3.17. The number of nitrogens with one attached hydrogen (secondary N) is 1. The fraction of sp³-hybridized carbons (Fsp3) is 0.500. The highest BCUT2D eigenvalue weighted by molar-refractivity contribution is 5.20. The number of aliphatic hydroxyl groups is 1. The van der Waals surface area contributed by atoms with Crippen LogP contribution in [0.2, 0.25) is 0 Å². The number of aliphatic hydroxyl groups excluding tert-OH is 1. The van der Waals surface area contributed by atoms with Crippen molar-refractivity contribution in [3.05, 3.63) is 35.9 Å². The van der Waals surface area contributed by atoms with Crippen LogP contribution in [0.4, 0.5) is 0 Å². The predicted octanol–water partition coefficient (Wildman–Crippen LogP) is 1.51. The van der Waals surface area contributed by atoms with Gasteiger partial charge in [-0.05, 0) is 24.3 Å². The van der Waals surface area contributed by atoms with Gasteiger partial charge in [-0.15, -0.1) is 0 Å². The van der Waals surface area contributed by atoms with E-state index in [0.717, 1.165) is 13.0 Å². The summed E-state index contributed by atoms with van der Waals surface area (Å²) in [6, 6.07) is 10.9. The molecule has 2 rings (SSSR count). The van der Waals surface area contributed by atoms with Gasteiger partial charge in [0.05, 0.1) is 6.61 Å². The molecule has 2 unspecified atom stereocenters. The lowest BCUT2D eigenvalue weighted by atomic mass is 9.89. The van der Waals surface area contributed by atoms with Crippen LogP contribution < -0.4 is 5.32 Å². The molecule has 1 fully saturated rings. The Morgan fingerprint density at radius 1 is 1.21 bits per heavy atom. The molecule has 2 heteroatoms. The summed E-state index contributed by atoms with van der Waals surface area (Å²) in [4.78, 5) is 0. The topological polar surface area (TPSA) is 32.3 Å². The minimum Gasteiger partial charge on any atom is -0.395 e. The Hall–Kier alpha value is -0.860. The molecular weight excluding hydrogens is 174 g/mol. The molecule has 2 atom stereocenters. The van der Waals surface area contributed by atoms with E-state index in [0.29, 0.717) is 12.0 Å². The van der Waals surface area contributed by atoms with Crippen molar-refractivity contribution in [3.63, 3.8) is 0 Å². The molecule has 14 heavy (non-hydrogen) atoms. The zero-order valence-corrected chi connectivity index (χ0v) is 8.32. The van der Waals surface area contributed by atoms with E-state index in [1.165, 1.54) is 12.0 Å². The molecule has 1 aromatic rings. The smallest absolute Gasteiger partial charge is 0.0584 e. The van der Waals surface area contributed by atoms with Gasteiger partial charge >= 0.3 is 0 Å². The second-order valence-corrected chi connectivity index (χ2v) is 3.97. The quantitative estimate of drug-likeness (QED) is 0.742. The van der Waals surface area contributed by atoms with Crippen LogP contribution in [-0.4, -0.2) is 24.3 Å². The number of rotatable bonds is 2. The Morgan fingerprint density at radius 2 is 2.00 bits per heavy atom. The first-order chi connectivity index (χ1) is 6.90. The largest absolute Gasteiger partial charge is 0.395 e. The maximum atomic E-state index is 8.99. The van der Waals surface area contributed by atoms with E-state index in [4.69, 9.17) is 5.11 Å². The van der Waals surface area contributed by atoms with Gasteiger partial charge in [0.1, 0.15) is 0 Å². The monoisotopic (exact) mass is 191 g/mol. The number of hydrogen-bond donors (Lipinski definition) is 2. The van der Waals surface area contributed by atoms with Gasteiger partial charge in [0.2, 0.25) is 0 Å². The molecule has 1 aliphatic rings. The third kappa shape index (κ3) is 2.14. The van der Waals surface area contributed by atoms with Gasteiger partial charge < -0.3 is 10.4 Å². The molecule has 1 saturated heterocycles. The number of piperidine rings is 1. The van der Waals surface area contributed by atoms with E-state index >= 15 is 0 Å². The fourth-order valence-corrected chi connectivity index (χ4v) is 2.08. The summed E-state index contributed by atoms with van der Waals surface area (Å²) in [7, 11) is 0. The third-order valence-electron chi connectivity index (χ3n) is 3.01. The summed E-state index contributed by atoms with van der Waals surface area (Å²) in [5.41, 5.74) is 1.41. The maximum Gasteiger partial charge on any atom is 0.0584 e. The predicted molar refractivity (Wildman–Crippen MR) is 57.3 cm³/mol. The number of hydrogen-bond acceptors (Lipinski definition) is 2. The Bertz CT molecular complexity index is 265. The lowest BCUT2D eigenvalue weighted by molar-refractivity contribution is 0.213. The van der Waals surface area contributed by atoms with Crippen molar-refractivity contribution < 1.29 is 5.11 Å². The van der Waals surface area contributed by atoms with Crippen LogP contribution in [0.15, 0.2) is 30.3 Å². The molecular formula is C12H17NO. The lowest BCUT2D eigenvalue weighted by Gasteiger charge is -2.28. The minimum absolute atomic E-state index is 0.265. The highest BCUT2D eigenvalue weighted by Crippen LogP contribution is 2.24. The molecule has 1 aromatic carbocycles. The van der Waals surface area contributed by atoms with Crippen molar-refractivity contribution in [1.82, 2.24) is 5.32 Å². The highest BCUT2D eigenvalue weighted by atomic mass is 16.3. The van der Waals surface area contributed by atoms with Crippen LogP contribution in [0.5, 0.6) is 0 Å². The molecule has 76 valence electrons. The average Bonchev–Trinajstić information content (AvgIpc) is 2.30. The van der Waals surface area contributed by atoms with E-state index < -0.39 is 0 Å². The summed E-state index contributed by atoms with van der Waals surface area (Å²) < 4.78 is 0. The van der Waals surface area contributed by atoms with E-state index in [1.807, 2.05) is 0 Å². The Morgan fingerprint density at radius 3 is 2.57 bits per heavy atom. The van der Waals surface area contributed by atoms with Crippen LogP contribution in [0.3, 0.4) is 0 Å². The van der Waals surface area contributed by atoms with Gasteiger partial charge in [0.25, 0.3) is 0 Å². The van der Waals surface area contributed by atoms with Crippen LogP contribution in [0.25, 0.3) is 0 Å². The van der Waals surface area contributed by atoms with Crippen molar-refractivity contribution in [2.75, 3.05) is 13.2 Å².